The fourth-order valence-electron chi connectivity index (χ4n) is 2.35. The van der Waals surface area contributed by atoms with Gasteiger partial charge in [-0.2, -0.15) is 0 Å². The summed E-state index contributed by atoms with van der Waals surface area (Å²) in [6.45, 7) is 5.29. The molecule has 3 heteroatoms. The Labute approximate surface area is 130 Å². The van der Waals surface area contributed by atoms with Crippen molar-refractivity contribution in [2.75, 3.05) is 6.54 Å². The molecule has 2 aromatic rings. The molecule has 0 fully saturated rings. The van der Waals surface area contributed by atoms with Crippen LogP contribution in [0.5, 0.6) is 0 Å². The van der Waals surface area contributed by atoms with Crippen LogP contribution in [0.1, 0.15) is 31.9 Å². The largest absolute Gasteiger partial charge is 0.310 e. The molecule has 0 saturated carbocycles. The molecule has 1 atom stereocenters. The normalized spacial score (nSPS) is 12.4. The molecule has 0 radical (unpaired) electrons. The summed E-state index contributed by atoms with van der Waals surface area (Å²) in [5.41, 5.74) is 3.56. The minimum Gasteiger partial charge on any atom is -0.310 e. The molecule has 0 heterocycles. The average Bonchev–Trinajstić information content (AvgIpc) is 2.47. The average molecular weight is 308 g/mol. The molecular weight excluding hydrogens is 289 g/mol. The number of benzene rings is 2. The van der Waals surface area contributed by atoms with Gasteiger partial charge in [0, 0.05) is 6.04 Å². The maximum atomic E-state index is 6.10. The quantitative estimate of drug-likeness (QED) is 0.744. The summed E-state index contributed by atoms with van der Waals surface area (Å²) in [4.78, 5) is 0. The van der Waals surface area contributed by atoms with E-state index in [4.69, 9.17) is 23.2 Å². The van der Waals surface area contributed by atoms with Crippen LogP contribution >= 0.6 is 23.2 Å². The minimum atomic E-state index is 0.391. The van der Waals surface area contributed by atoms with Gasteiger partial charge >= 0.3 is 0 Å². The van der Waals surface area contributed by atoms with Crippen molar-refractivity contribution in [3.63, 3.8) is 0 Å². The summed E-state index contributed by atoms with van der Waals surface area (Å²) in [5, 5.41) is 4.68. The monoisotopic (exact) mass is 307 g/mol. The van der Waals surface area contributed by atoms with E-state index in [9.17, 15) is 0 Å². The van der Waals surface area contributed by atoms with Gasteiger partial charge in [-0.3, -0.25) is 0 Å². The molecule has 1 N–H and O–H groups in total. The summed E-state index contributed by atoms with van der Waals surface area (Å²) >= 11 is 12.1. The van der Waals surface area contributed by atoms with Crippen molar-refractivity contribution in [2.45, 2.75) is 26.3 Å². The zero-order valence-electron chi connectivity index (χ0n) is 11.8. The Hall–Kier alpha value is -1.02. The van der Waals surface area contributed by atoms with E-state index in [1.807, 2.05) is 18.2 Å². The van der Waals surface area contributed by atoms with Gasteiger partial charge in [0.25, 0.3) is 0 Å². The van der Waals surface area contributed by atoms with Crippen LogP contribution in [0.25, 0.3) is 11.1 Å². The van der Waals surface area contributed by atoms with E-state index in [0.29, 0.717) is 16.1 Å². The predicted molar refractivity (Wildman–Crippen MR) is 88.6 cm³/mol. The summed E-state index contributed by atoms with van der Waals surface area (Å²) in [6.07, 6.45) is 1.07. The number of hydrogen-bond donors (Lipinski definition) is 1. The van der Waals surface area contributed by atoms with Crippen LogP contribution < -0.4 is 5.32 Å². The van der Waals surface area contributed by atoms with Crippen molar-refractivity contribution >= 4 is 23.2 Å². The Balaban J connectivity index is 2.35. The lowest BCUT2D eigenvalue weighted by atomic mass is 9.98. The van der Waals surface area contributed by atoms with Gasteiger partial charge in [0.05, 0.1) is 10.0 Å². The highest BCUT2D eigenvalue weighted by molar-refractivity contribution is 6.42. The Kier molecular flexibility index (Phi) is 5.47. The van der Waals surface area contributed by atoms with Crippen LogP contribution in [-0.2, 0) is 0 Å². The van der Waals surface area contributed by atoms with E-state index in [2.05, 4.69) is 43.4 Å². The van der Waals surface area contributed by atoms with Gasteiger partial charge in [-0.1, -0.05) is 61.3 Å². The SMILES string of the molecule is CCNC(CC)c1cccc(-c2ccc(Cl)c(Cl)c2)c1. The zero-order valence-corrected chi connectivity index (χ0v) is 13.3. The van der Waals surface area contributed by atoms with Gasteiger partial charge in [-0.05, 0) is 47.9 Å². The number of halogens is 2. The van der Waals surface area contributed by atoms with E-state index >= 15 is 0 Å². The number of hydrogen-bond acceptors (Lipinski definition) is 1. The second-order valence-electron chi connectivity index (χ2n) is 4.77. The second-order valence-corrected chi connectivity index (χ2v) is 5.59. The number of nitrogens with one attached hydrogen (secondary N) is 1. The smallest absolute Gasteiger partial charge is 0.0598 e. The highest BCUT2D eigenvalue weighted by atomic mass is 35.5. The Bertz CT molecular complexity index is 581. The van der Waals surface area contributed by atoms with Crippen molar-refractivity contribution in [3.8, 4) is 11.1 Å². The Morgan fingerprint density at radius 2 is 1.70 bits per heavy atom. The number of rotatable bonds is 5. The topological polar surface area (TPSA) is 12.0 Å². The van der Waals surface area contributed by atoms with Crippen molar-refractivity contribution in [1.82, 2.24) is 5.32 Å². The molecule has 0 saturated heterocycles. The molecule has 1 unspecified atom stereocenters. The lowest BCUT2D eigenvalue weighted by Gasteiger charge is -2.17. The van der Waals surface area contributed by atoms with Crippen molar-refractivity contribution in [3.05, 3.63) is 58.1 Å². The van der Waals surface area contributed by atoms with Crippen LogP contribution in [0.3, 0.4) is 0 Å². The molecule has 0 amide bonds. The summed E-state index contributed by atoms with van der Waals surface area (Å²) in [6, 6.07) is 14.7. The maximum absolute atomic E-state index is 6.10. The van der Waals surface area contributed by atoms with E-state index in [0.717, 1.165) is 24.1 Å². The van der Waals surface area contributed by atoms with Gasteiger partial charge in [0.15, 0.2) is 0 Å². The van der Waals surface area contributed by atoms with Gasteiger partial charge in [-0.15, -0.1) is 0 Å². The lowest BCUT2D eigenvalue weighted by molar-refractivity contribution is 0.537. The minimum absolute atomic E-state index is 0.391. The summed E-state index contributed by atoms with van der Waals surface area (Å²) in [7, 11) is 0. The summed E-state index contributed by atoms with van der Waals surface area (Å²) < 4.78 is 0. The molecule has 2 aromatic carbocycles. The van der Waals surface area contributed by atoms with E-state index in [1.165, 1.54) is 5.56 Å². The van der Waals surface area contributed by atoms with Crippen LogP contribution in [-0.4, -0.2) is 6.54 Å². The van der Waals surface area contributed by atoms with Crippen LogP contribution in [0, 0.1) is 0 Å². The Morgan fingerprint density at radius 3 is 2.35 bits per heavy atom. The highest BCUT2D eigenvalue weighted by Gasteiger charge is 2.09. The van der Waals surface area contributed by atoms with Crippen molar-refractivity contribution in [1.29, 1.82) is 0 Å². The molecule has 106 valence electrons. The molecule has 20 heavy (non-hydrogen) atoms. The third-order valence-electron chi connectivity index (χ3n) is 3.40. The molecule has 0 bridgehead atoms. The van der Waals surface area contributed by atoms with Gasteiger partial charge in [0.2, 0.25) is 0 Å². The van der Waals surface area contributed by atoms with Crippen molar-refractivity contribution < 1.29 is 0 Å². The molecule has 0 aliphatic carbocycles. The first kappa shape index (κ1) is 15.4. The fraction of sp³-hybridized carbons (Fsp3) is 0.294. The van der Waals surface area contributed by atoms with E-state index in [1.54, 1.807) is 0 Å². The molecule has 2 rings (SSSR count). The second kappa shape index (κ2) is 7.12. The van der Waals surface area contributed by atoms with Crippen LogP contribution in [0.15, 0.2) is 42.5 Å². The first-order valence-electron chi connectivity index (χ1n) is 6.94. The Morgan fingerprint density at radius 1 is 0.950 bits per heavy atom. The van der Waals surface area contributed by atoms with Crippen molar-refractivity contribution in [2.24, 2.45) is 0 Å². The molecule has 0 aliphatic rings. The molecule has 0 aliphatic heterocycles. The zero-order chi connectivity index (χ0) is 14.5. The van der Waals surface area contributed by atoms with Gasteiger partial charge in [-0.25, -0.2) is 0 Å². The third kappa shape index (κ3) is 3.54. The van der Waals surface area contributed by atoms with Gasteiger partial charge in [0.1, 0.15) is 0 Å². The standard InChI is InChI=1S/C17H19Cl2N/c1-3-17(20-4-2)14-7-5-6-12(10-14)13-8-9-15(18)16(19)11-13/h5-11,17,20H,3-4H2,1-2H3. The molecule has 0 aromatic heterocycles. The van der Waals surface area contributed by atoms with Gasteiger partial charge < -0.3 is 5.32 Å². The maximum Gasteiger partial charge on any atom is 0.0598 e. The predicted octanol–water partition coefficient (Wildman–Crippen LogP) is 5.72. The molecule has 0 spiro atoms. The summed E-state index contributed by atoms with van der Waals surface area (Å²) in [5.74, 6) is 0. The molecular formula is C17H19Cl2N. The third-order valence-corrected chi connectivity index (χ3v) is 4.14. The van der Waals surface area contributed by atoms with Crippen LogP contribution in [0.2, 0.25) is 10.0 Å². The fourth-order valence-corrected chi connectivity index (χ4v) is 2.65. The first-order chi connectivity index (χ1) is 9.65. The van der Waals surface area contributed by atoms with E-state index < -0.39 is 0 Å². The van der Waals surface area contributed by atoms with E-state index in [-0.39, 0.29) is 0 Å². The highest BCUT2D eigenvalue weighted by Crippen LogP contribution is 2.30. The lowest BCUT2D eigenvalue weighted by Crippen LogP contribution is -2.19. The first-order valence-corrected chi connectivity index (χ1v) is 7.70. The van der Waals surface area contributed by atoms with Crippen LogP contribution in [0.4, 0.5) is 0 Å². The molecule has 1 nitrogen and oxygen atoms in total.